The number of likely N-dealkylation sites (N-methyl/N-ethyl adjacent to an activating group) is 1. The number of hydrogen-bond acceptors (Lipinski definition) is 3. The minimum absolute atomic E-state index is 0.0305. The highest BCUT2D eigenvalue weighted by Crippen LogP contribution is 2.17. The zero-order valence-corrected chi connectivity index (χ0v) is 15.6. The summed E-state index contributed by atoms with van der Waals surface area (Å²) in [5.74, 6) is 1.61. The second kappa shape index (κ2) is 9.05. The molecule has 1 amide bonds. The first-order valence-electron chi connectivity index (χ1n) is 9.04. The molecule has 2 aromatic carbocycles. The summed E-state index contributed by atoms with van der Waals surface area (Å²) in [5.41, 5.74) is 1.87. The van der Waals surface area contributed by atoms with Crippen LogP contribution in [0.25, 0.3) is 0 Å². The molecule has 3 rings (SSSR count). The van der Waals surface area contributed by atoms with Crippen molar-refractivity contribution in [2.24, 2.45) is 0 Å². The normalized spacial score (nSPS) is 13.0. The van der Waals surface area contributed by atoms with Crippen LogP contribution in [0.2, 0.25) is 0 Å². The molecule has 3 aromatic rings. The average Bonchev–Trinajstić information content (AvgIpc) is 3.20. The number of carbonyl (C=O) groups is 1. The summed E-state index contributed by atoms with van der Waals surface area (Å²) in [5, 5.41) is 2.96. The summed E-state index contributed by atoms with van der Waals surface area (Å²) in [6, 6.07) is 21.0. The van der Waals surface area contributed by atoms with Gasteiger partial charge in [0, 0.05) is 5.69 Å². The lowest BCUT2D eigenvalue weighted by atomic mass is 10.2. The molecule has 1 aromatic heterocycles. The molecule has 0 aliphatic heterocycles. The standard InChI is InChI=1S/C22H24N2O3/c1-17(24(2)15-21-9-6-14-26-21)22(25)23-19-10-12-20(13-11-19)27-16-18-7-4-3-5-8-18/h3-14,17H,15-16H2,1-2H3,(H,23,25)/p+1/t17-/m1/s1. The van der Waals surface area contributed by atoms with Crippen LogP contribution in [0.3, 0.4) is 0 Å². The highest BCUT2D eigenvalue weighted by molar-refractivity contribution is 5.93. The van der Waals surface area contributed by atoms with E-state index >= 15 is 0 Å². The maximum absolute atomic E-state index is 12.5. The van der Waals surface area contributed by atoms with Gasteiger partial charge in [-0.1, -0.05) is 30.3 Å². The van der Waals surface area contributed by atoms with Crippen LogP contribution in [0.1, 0.15) is 18.2 Å². The van der Waals surface area contributed by atoms with E-state index in [1.165, 1.54) is 0 Å². The average molecular weight is 365 g/mol. The van der Waals surface area contributed by atoms with Gasteiger partial charge in [-0.25, -0.2) is 0 Å². The van der Waals surface area contributed by atoms with Gasteiger partial charge in [0.1, 0.15) is 18.9 Å². The number of ether oxygens (including phenoxy) is 1. The van der Waals surface area contributed by atoms with Crippen molar-refractivity contribution in [3.05, 3.63) is 84.3 Å². The number of nitrogens with one attached hydrogen (secondary N) is 2. The largest absolute Gasteiger partial charge is 0.489 e. The van der Waals surface area contributed by atoms with Gasteiger partial charge in [0.05, 0.1) is 13.3 Å². The van der Waals surface area contributed by atoms with Gasteiger partial charge in [-0.05, 0) is 48.9 Å². The summed E-state index contributed by atoms with van der Waals surface area (Å²) >= 11 is 0. The Morgan fingerprint density at radius 1 is 1.07 bits per heavy atom. The van der Waals surface area contributed by atoms with Crippen molar-refractivity contribution in [2.45, 2.75) is 26.1 Å². The molecule has 1 heterocycles. The zero-order valence-electron chi connectivity index (χ0n) is 15.6. The van der Waals surface area contributed by atoms with Gasteiger partial charge < -0.3 is 19.4 Å². The van der Waals surface area contributed by atoms with Crippen molar-refractivity contribution >= 4 is 11.6 Å². The number of anilines is 1. The monoisotopic (exact) mass is 365 g/mol. The third-order valence-corrected chi connectivity index (χ3v) is 4.54. The van der Waals surface area contributed by atoms with Crippen molar-refractivity contribution in [1.82, 2.24) is 0 Å². The van der Waals surface area contributed by atoms with Crippen molar-refractivity contribution in [2.75, 3.05) is 12.4 Å². The molecule has 2 atom stereocenters. The van der Waals surface area contributed by atoms with E-state index in [1.54, 1.807) is 6.26 Å². The highest BCUT2D eigenvalue weighted by Gasteiger charge is 2.22. The molecule has 0 aliphatic rings. The molecule has 27 heavy (non-hydrogen) atoms. The molecule has 0 spiro atoms. The molecule has 0 bridgehead atoms. The fourth-order valence-electron chi connectivity index (χ4n) is 2.69. The SMILES string of the molecule is C[C@H](C(=O)Nc1ccc(OCc2ccccc2)cc1)[NH+](C)Cc1ccco1. The Kier molecular flexibility index (Phi) is 6.28. The van der Waals surface area contributed by atoms with E-state index in [1.807, 2.05) is 80.7 Å². The van der Waals surface area contributed by atoms with Crippen molar-refractivity contribution in [3.63, 3.8) is 0 Å². The first-order valence-corrected chi connectivity index (χ1v) is 9.04. The zero-order chi connectivity index (χ0) is 19.1. The highest BCUT2D eigenvalue weighted by atomic mass is 16.5. The number of carbonyl (C=O) groups excluding carboxylic acids is 1. The fourth-order valence-corrected chi connectivity index (χ4v) is 2.69. The number of quaternary nitrogens is 1. The predicted molar refractivity (Wildman–Crippen MR) is 105 cm³/mol. The smallest absolute Gasteiger partial charge is 0.282 e. The van der Waals surface area contributed by atoms with Crippen LogP contribution in [0, 0.1) is 0 Å². The number of rotatable bonds is 8. The quantitative estimate of drug-likeness (QED) is 0.645. The van der Waals surface area contributed by atoms with Crippen LogP contribution < -0.4 is 15.0 Å². The Hall–Kier alpha value is -3.05. The Morgan fingerprint density at radius 2 is 1.81 bits per heavy atom. The molecule has 0 aliphatic carbocycles. The first-order chi connectivity index (χ1) is 13.1. The van der Waals surface area contributed by atoms with E-state index in [-0.39, 0.29) is 11.9 Å². The fraction of sp³-hybridized carbons (Fsp3) is 0.227. The molecule has 2 N–H and O–H groups in total. The molecule has 0 saturated carbocycles. The van der Waals surface area contributed by atoms with E-state index in [9.17, 15) is 4.79 Å². The minimum Gasteiger partial charge on any atom is -0.489 e. The molecule has 5 nitrogen and oxygen atoms in total. The lowest BCUT2D eigenvalue weighted by Crippen LogP contribution is -3.12. The second-order valence-electron chi connectivity index (χ2n) is 6.61. The van der Waals surface area contributed by atoms with Gasteiger partial charge in [-0.3, -0.25) is 4.79 Å². The first kappa shape index (κ1) is 18.7. The van der Waals surface area contributed by atoms with Crippen LogP contribution in [0.5, 0.6) is 5.75 Å². The summed E-state index contributed by atoms with van der Waals surface area (Å²) < 4.78 is 11.1. The van der Waals surface area contributed by atoms with Gasteiger partial charge in [-0.2, -0.15) is 0 Å². The summed E-state index contributed by atoms with van der Waals surface area (Å²) in [6.07, 6.45) is 1.65. The Bertz CT molecular complexity index is 830. The van der Waals surface area contributed by atoms with Gasteiger partial charge in [0.25, 0.3) is 5.91 Å². The van der Waals surface area contributed by atoms with Gasteiger partial charge in [-0.15, -0.1) is 0 Å². The van der Waals surface area contributed by atoms with E-state index in [0.29, 0.717) is 13.2 Å². The van der Waals surface area contributed by atoms with Crippen molar-refractivity contribution in [3.8, 4) is 5.75 Å². The van der Waals surface area contributed by atoms with E-state index in [0.717, 1.165) is 27.7 Å². The number of hydrogen-bond donors (Lipinski definition) is 2. The topological polar surface area (TPSA) is 55.9 Å². The molecule has 1 unspecified atom stereocenters. The molecule has 5 heteroatoms. The predicted octanol–water partition coefficient (Wildman–Crippen LogP) is 2.90. The van der Waals surface area contributed by atoms with E-state index < -0.39 is 0 Å². The van der Waals surface area contributed by atoms with Crippen molar-refractivity contribution < 1.29 is 18.8 Å². The van der Waals surface area contributed by atoms with Crippen molar-refractivity contribution in [1.29, 1.82) is 0 Å². The number of amides is 1. The lowest BCUT2D eigenvalue weighted by molar-refractivity contribution is -0.908. The molecular formula is C22H25N2O3+. The molecule has 0 saturated heterocycles. The van der Waals surface area contributed by atoms with E-state index in [4.69, 9.17) is 9.15 Å². The van der Waals surface area contributed by atoms with Gasteiger partial charge >= 0.3 is 0 Å². The molecule has 0 fully saturated rings. The Morgan fingerprint density at radius 3 is 2.48 bits per heavy atom. The van der Waals surface area contributed by atoms with Gasteiger partial charge in [0.2, 0.25) is 0 Å². The number of furan rings is 1. The van der Waals surface area contributed by atoms with Crippen LogP contribution in [0.15, 0.2) is 77.4 Å². The molecular weight excluding hydrogens is 340 g/mol. The third kappa shape index (κ3) is 5.46. The molecule has 0 radical (unpaired) electrons. The second-order valence-corrected chi connectivity index (χ2v) is 6.61. The summed E-state index contributed by atoms with van der Waals surface area (Å²) in [6.45, 7) is 3.09. The maximum atomic E-state index is 12.5. The van der Waals surface area contributed by atoms with Crippen LogP contribution >= 0.6 is 0 Å². The Labute approximate surface area is 159 Å². The molecule has 140 valence electrons. The lowest BCUT2D eigenvalue weighted by Gasteiger charge is -2.20. The van der Waals surface area contributed by atoms with Crippen LogP contribution in [0.4, 0.5) is 5.69 Å². The minimum atomic E-state index is -0.205. The number of benzene rings is 2. The summed E-state index contributed by atoms with van der Waals surface area (Å²) in [7, 11) is 1.98. The maximum Gasteiger partial charge on any atom is 0.282 e. The Balaban J connectivity index is 1.50. The third-order valence-electron chi connectivity index (χ3n) is 4.54. The summed E-state index contributed by atoms with van der Waals surface area (Å²) in [4.78, 5) is 13.5. The van der Waals surface area contributed by atoms with Gasteiger partial charge in [0.15, 0.2) is 11.8 Å². The van der Waals surface area contributed by atoms with E-state index in [2.05, 4.69) is 5.32 Å². The van der Waals surface area contributed by atoms with Crippen LogP contribution in [-0.2, 0) is 17.9 Å². The van der Waals surface area contributed by atoms with Crippen LogP contribution in [-0.4, -0.2) is 19.0 Å².